The molecule has 1 amide bonds. The van der Waals surface area contributed by atoms with Crippen LogP contribution < -0.4 is 5.32 Å². The molecule has 0 atom stereocenters. The number of anilines is 1. The van der Waals surface area contributed by atoms with Crippen molar-refractivity contribution in [3.63, 3.8) is 0 Å². The van der Waals surface area contributed by atoms with Gasteiger partial charge in [-0.05, 0) is 29.8 Å². The van der Waals surface area contributed by atoms with Crippen molar-refractivity contribution in [2.24, 2.45) is 0 Å². The van der Waals surface area contributed by atoms with Gasteiger partial charge in [0, 0.05) is 36.5 Å². The van der Waals surface area contributed by atoms with E-state index in [1.807, 2.05) is 30.5 Å². The molecule has 3 aromatic heterocycles. The number of amides is 1. The largest absolute Gasteiger partial charge is 0.346 e. The van der Waals surface area contributed by atoms with Crippen LogP contribution in [-0.4, -0.2) is 20.9 Å². The van der Waals surface area contributed by atoms with Gasteiger partial charge in [0.05, 0.1) is 0 Å². The molecule has 5 nitrogen and oxygen atoms in total. The maximum Gasteiger partial charge on any atom is 0.222 e. The third-order valence-electron chi connectivity index (χ3n) is 2.85. The van der Waals surface area contributed by atoms with Crippen LogP contribution >= 0.6 is 0 Å². The summed E-state index contributed by atoms with van der Waals surface area (Å²) < 4.78 is 0. The lowest BCUT2D eigenvalue weighted by Crippen LogP contribution is -2.08. The van der Waals surface area contributed by atoms with Gasteiger partial charge in [-0.25, -0.2) is 9.97 Å². The Kier molecular flexibility index (Phi) is 2.72. The van der Waals surface area contributed by atoms with Gasteiger partial charge in [-0.3, -0.25) is 4.79 Å². The summed E-state index contributed by atoms with van der Waals surface area (Å²) >= 11 is 0. The summed E-state index contributed by atoms with van der Waals surface area (Å²) in [5, 5.41) is 3.75. The molecule has 94 valence electrons. The monoisotopic (exact) mass is 252 g/mol. The van der Waals surface area contributed by atoms with Crippen LogP contribution in [0.1, 0.15) is 6.92 Å². The molecule has 2 N–H and O–H groups in total. The molecule has 3 aromatic rings. The van der Waals surface area contributed by atoms with Crippen LogP contribution in [0.15, 0.2) is 42.9 Å². The Morgan fingerprint density at radius 2 is 2.05 bits per heavy atom. The first-order chi connectivity index (χ1) is 9.25. The molecule has 0 bridgehead atoms. The average Bonchev–Trinajstić information content (AvgIpc) is 2.87. The van der Waals surface area contributed by atoms with Crippen LogP contribution in [0, 0.1) is 0 Å². The van der Waals surface area contributed by atoms with E-state index in [4.69, 9.17) is 0 Å². The maximum absolute atomic E-state index is 11.2. The van der Waals surface area contributed by atoms with Gasteiger partial charge in [-0.2, -0.15) is 0 Å². The molecule has 5 heteroatoms. The Morgan fingerprint density at radius 1 is 1.16 bits per heavy atom. The molecular formula is C14H12N4O. The van der Waals surface area contributed by atoms with Crippen molar-refractivity contribution in [3.05, 3.63) is 42.9 Å². The van der Waals surface area contributed by atoms with Crippen LogP contribution in [-0.2, 0) is 4.79 Å². The molecule has 0 saturated carbocycles. The van der Waals surface area contributed by atoms with E-state index in [1.54, 1.807) is 12.4 Å². The molecule has 0 radical (unpaired) electrons. The fraction of sp³-hybridized carbons (Fsp3) is 0.0714. The number of rotatable bonds is 2. The first kappa shape index (κ1) is 11.4. The molecule has 0 saturated heterocycles. The van der Waals surface area contributed by atoms with Crippen molar-refractivity contribution in [2.75, 3.05) is 5.32 Å². The van der Waals surface area contributed by atoms with Crippen molar-refractivity contribution in [2.45, 2.75) is 6.92 Å². The quantitative estimate of drug-likeness (QED) is 0.736. The number of pyridine rings is 2. The summed E-state index contributed by atoms with van der Waals surface area (Å²) in [4.78, 5) is 22.8. The lowest BCUT2D eigenvalue weighted by Gasteiger charge is -2.09. The second-order valence-electron chi connectivity index (χ2n) is 4.18. The zero-order chi connectivity index (χ0) is 13.2. The van der Waals surface area contributed by atoms with E-state index in [9.17, 15) is 4.79 Å². The number of hydrogen-bond donors (Lipinski definition) is 2. The fourth-order valence-corrected chi connectivity index (χ4v) is 2.08. The topological polar surface area (TPSA) is 70.7 Å². The maximum atomic E-state index is 11.2. The second kappa shape index (κ2) is 4.53. The first-order valence-electron chi connectivity index (χ1n) is 5.91. The number of nitrogens with zero attached hydrogens (tertiary/aromatic N) is 2. The van der Waals surface area contributed by atoms with E-state index in [0.717, 1.165) is 22.2 Å². The number of nitrogens with one attached hydrogen (secondary N) is 2. The average molecular weight is 252 g/mol. The SMILES string of the molecule is CC(=O)Nc1ncccc1-c1ccnc2[nH]ccc12. The molecular weight excluding hydrogens is 240 g/mol. The van der Waals surface area contributed by atoms with Gasteiger partial charge in [0.1, 0.15) is 11.5 Å². The van der Waals surface area contributed by atoms with Gasteiger partial charge in [-0.1, -0.05) is 0 Å². The number of aromatic amines is 1. The Morgan fingerprint density at radius 3 is 2.89 bits per heavy atom. The zero-order valence-corrected chi connectivity index (χ0v) is 10.3. The summed E-state index contributed by atoms with van der Waals surface area (Å²) in [7, 11) is 0. The van der Waals surface area contributed by atoms with Crippen LogP contribution in [0.25, 0.3) is 22.2 Å². The number of hydrogen-bond acceptors (Lipinski definition) is 3. The molecule has 0 unspecified atom stereocenters. The standard InChI is InChI=1S/C14H12N4O/c1-9(19)18-14-11(3-2-6-15-14)10-4-7-16-13-12(10)5-8-17-13/h2-8H,1H3,(H,16,17)(H,15,18,19). The van der Waals surface area contributed by atoms with Gasteiger partial charge >= 0.3 is 0 Å². The summed E-state index contributed by atoms with van der Waals surface area (Å²) in [6.07, 6.45) is 5.23. The molecule has 0 aromatic carbocycles. The fourth-order valence-electron chi connectivity index (χ4n) is 2.08. The van der Waals surface area contributed by atoms with Crippen LogP contribution in [0.5, 0.6) is 0 Å². The number of aromatic nitrogens is 3. The molecule has 0 spiro atoms. The minimum Gasteiger partial charge on any atom is -0.346 e. The predicted molar refractivity (Wildman–Crippen MR) is 73.6 cm³/mol. The van der Waals surface area contributed by atoms with Crippen molar-refractivity contribution in [3.8, 4) is 11.1 Å². The minimum atomic E-state index is -0.140. The number of H-pyrrole nitrogens is 1. The van der Waals surface area contributed by atoms with Crippen LogP contribution in [0.4, 0.5) is 5.82 Å². The van der Waals surface area contributed by atoms with E-state index in [2.05, 4.69) is 20.3 Å². The van der Waals surface area contributed by atoms with E-state index in [0.29, 0.717) is 5.82 Å². The third-order valence-corrected chi connectivity index (χ3v) is 2.85. The number of fused-ring (bicyclic) bond motifs is 1. The van der Waals surface area contributed by atoms with Gasteiger partial charge in [0.25, 0.3) is 0 Å². The normalized spacial score (nSPS) is 10.6. The van der Waals surface area contributed by atoms with Crippen LogP contribution in [0.3, 0.4) is 0 Å². The van der Waals surface area contributed by atoms with Crippen molar-refractivity contribution >= 4 is 22.8 Å². The molecule has 0 fully saturated rings. The van der Waals surface area contributed by atoms with Crippen molar-refractivity contribution in [1.29, 1.82) is 0 Å². The summed E-state index contributed by atoms with van der Waals surface area (Å²) in [5.74, 6) is 0.419. The Balaban J connectivity index is 2.21. The smallest absolute Gasteiger partial charge is 0.222 e. The van der Waals surface area contributed by atoms with E-state index >= 15 is 0 Å². The van der Waals surface area contributed by atoms with E-state index in [-0.39, 0.29) is 5.91 Å². The molecule has 0 aliphatic carbocycles. The number of carbonyl (C=O) groups is 1. The number of carbonyl (C=O) groups excluding carboxylic acids is 1. The van der Waals surface area contributed by atoms with Gasteiger partial charge in [0.15, 0.2) is 0 Å². The summed E-state index contributed by atoms with van der Waals surface area (Å²) in [6.45, 7) is 1.47. The lowest BCUT2D eigenvalue weighted by atomic mass is 10.0. The summed E-state index contributed by atoms with van der Waals surface area (Å²) in [5.41, 5.74) is 2.68. The van der Waals surface area contributed by atoms with Gasteiger partial charge in [-0.15, -0.1) is 0 Å². The Hall–Kier alpha value is -2.69. The van der Waals surface area contributed by atoms with Crippen molar-refractivity contribution in [1.82, 2.24) is 15.0 Å². The summed E-state index contributed by atoms with van der Waals surface area (Å²) in [6, 6.07) is 7.65. The predicted octanol–water partition coefficient (Wildman–Crippen LogP) is 2.58. The van der Waals surface area contributed by atoms with Crippen LogP contribution in [0.2, 0.25) is 0 Å². The molecule has 19 heavy (non-hydrogen) atoms. The third kappa shape index (κ3) is 2.06. The molecule has 3 heterocycles. The first-order valence-corrected chi connectivity index (χ1v) is 5.91. The lowest BCUT2D eigenvalue weighted by molar-refractivity contribution is -0.114. The van der Waals surface area contributed by atoms with Crippen molar-refractivity contribution < 1.29 is 4.79 Å². The highest BCUT2D eigenvalue weighted by atomic mass is 16.1. The highest BCUT2D eigenvalue weighted by molar-refractivity contribution is 5.99. The highest BCUT2D eigenvalue weighted by Crippen LogP contribution is 2.31. The minimum absolute atomic E-state index is 0.140. The van der Waals surface area contributed by atoms with Gasteiger partial charge in [0.2, 0.25) is 5.91 Å². The van der Waals surface area contributed by atoms with E-state index < -0.39 is 0 Å². The second-order valence-corrected chi connectivity index (χ2v) is 4.18. The molecule has 3 rings (SSSR count). The van der Waals surface area contributed by atoms with Gasteiger partial charge < -0.3 is 10.3 Å². The van der Waals surface area contributed by atoms with E-state index in [1.165, 1.54) is 6.92 Å². The molecule has 0 aliphatic heterocycles. The molecule has 0 aliphatic rings. The Bertz CT molecular complexity index is 748. The highest BCUT2D eigenvalue weighted by Gasteiger charge is 2.11. The zero-order valence-electron chi connectivity index (χ0n) is 10.3. The Labute approximate surface area is 109 Å².